The minimum Gasteiger partial charge on any atom is -0.399 e. The van der Waals surface area contributed by atoms with Crippen LogP contribution in [0.4, 0.5) is 14.5 Å². The molecule has 1 aliphatic carbocycles. The molecule has 0 aliphatic heterocycles. The number of anilines is 1. The Hall–Kier alpha value is -1.21. The predicted octanol–water partition coefficient (Wildman–Crippen LogP) is 2.80. The van der Waals surface area contributed by atoms with Gasteiger partial charge in [-0.25, -0.2) is 21.9 Å². The van der Waals surface area contributed by atoms with Gasteiger partial charge >= 0.3 is 0 Å². The molecule has 0 spiro atoms. The number of hydrogen-bond acceptors (Lipinski definition) is 3. The lowest BCUT2D eigenvalue weighted by Gasteiger charge is -2.21. The first kappa shape index (κ1) is 16.2. The number of nitrogen functional groups attached to an aromatic ring is 1. The first-order valence-corrected chi connectivity index (χ1v) is 8.62. The molecule has 7 heteroatoms. The number of hydrogen-bond donors (Lipinski definition) is 2. The van der Waals surface area contributed by atoms with E-state index in [1.807, 2.05) is 0 Å². The van der Waals surface area contributed by atoms with Crippen molar-refractivity contribution in [2.45, 2.75) is 43.4 Å². The van der Waals surface area contributed by atoms with Crippen molar-refractivity contribution in [1.82, 2.24) is 4.72 Å². The van der Waals surface area contributed by atoms with Crippen LogP contribution >= 0.6 is 0 Å². The molecule has 1 aromatic carbocycles. The maximum atomic E-state index is 13.6. The van der Waals surface area contributed by atoms with Gasteiger partial charge in [-0.3, -0.25) is 0 Å². The summed E-state index contributed by atoms with van der Waals surface area (Å²) in [6.45, 7) is 0.225. The topological polar surface area (TPSA) is 72.2 Å². The van der Waals surface area contributed by atoms with Crippen LogP contribution in [0.15, 0.2) is 17.0 Å². The van der Waals surface area contributed by atoms with Crippen molar-refractivity contribution >= 4 is 15.7 Å². The Morgan fingerprint density at radius 1 is 1.19 bits per heavy atom. The van der Waals surface area contributed by atoms with E-state index in [1.54, 1.807) is 0 Å². The Morgan fingerprint density at radius 2 is 1.86 bits per heavy atom. The van der Waals surface area contributed by atoms with Gasteiger partial charge in [-0.1, -0.05) is 32.1 Å². The Morgan fingerprint density at radius 3 is 2.52 bits per heavy atom. The lowest BCUT2D eigenvalue weighted by atomic mass is 9.87. The van der Waals surface area contributed by atoms with Crippen molar-refractivity contribution in [2.75, 3.05) is 12.3 Å². The highest BCUT2D eigenvalue weighted by Gasteiger charge is 2.23. The van der Waals surface area contributed by atoms with Gasteiger partial charge in [0.2, 0.25) is 10.0 Å². The highest BCUT2D eigenvalue weighted by atomic mass is 32.2. The molecule has 0 atom stereocenters. The first-order chi connectivity index (χ1) is 9.90. The Labute approximate surface area is 123 Å². The number of nitrogens with one attached hydrogen (secondary N) is 1. The predicted molar refractivity (Wildman–Crippen MR) is 77.2 cm³/mol. The van der Waals surface area contributed by atoms with E-state index in [9.17, 15) is 17.2 Å². The van der Waals surface area contributed by atoms with Crippen LogP contribution in [0.25, 0.3) is 0 Å². The molecule has 0 heterocycles. The number of halogens is 2. The summed E-state index contributed by atoms with van der Waals surface area (Å²) in [6, 6.07) is 1.69. The van der Waals surface area contributed by atoms with Gasteiger partial charge < -0.3 is 5.73 Å². The summed E-state index contributed by atoms with van der Waals surface area (Å²) in [6.07, 6.45) is 6.49. The normalized spacial score (nSPS) is 17.0. The number of sulfonamides is 1. The Bertz CT molecular complexity index is 599. The highest BCUT2D eigenvalue weighted by molar-refractivity contribution is 7.89. The van der Waals surface area contributed by atoms with Gasteiger partial charge in [0.25, 0.3) is 0 Å². The van der Waals surface area contributed by atoms with Gasteiger partial charge in [-0.05, 0) is 24.5 Å². The van der Waals surface area contributed by atoms with Crippen molar-refractivity contribution < 1.29 is 17.2 Å². The molecular formula is C14H20F2N2O2S. The van der Waals surface area contributed by atoms with E-state index in [0.717, 1.165) is 25.0 Å². The van der Waals surface area contributed by atoms with E-state index in [2.05, 4.69) is 4.72 Å². The molecule has 0 radical (unpaired) electrons. The second-order valence-electron chi connectivity index (χ2n) is 5.51. The van der Waals surface area contributed by atoms with Crippen LogP contribution in [0.1, 0.15) is 38.5 Å². The lowest BCUT2D eigenvalue weighted by molar-refractivity contribution is 0.339. The smallest absolute Gasteiger partial charge is 0.243 e. The molecule has 3 N–H and O–H groups in total. The van der Waals surface area contributed by atoms with Crippen LogP contribution in [0.5, 0.6) is 0 Å². The molecule has 1 aliphatic rings. The zero-order valence-electron chi connectivity index (χ0n) is 11.7. The second-order valence-corrected chi connectivity index (χ2v) is 7.24. The Kier molecular flexibility index (Phi) is 5.16. The van der Waals surface area contributed by atoms with Crippen molar-refractivity contribution in [1.29, 1.82) is 0 Å². The van der Waals surface area contributed by atoms with E-state index < -0.39 is 26.6 Å². The first-order valence-electron chi connectivity index (χ1n) is 7.14. The molecule has 4 nitrogen and oxygen atoms in total. The van der Waals surface area contributed by atoms with Gasteiger partial charge in [0.1, 0.15) is 4.90 Å². The van der Waals surface area contributed by atoms with Crippen molar-refractivity contribution in [3.05, 3.63) is 23.8 Å². The molecule has 1 aromatic rings. The average Bonchev–Trinajstić information content (AvgIpc) is 2.43. The third-order valence-corrected chi connectivity index (χ3v) is 5.34. The zero-order chi connectivity index (χ0) is 15.5. The van der Waals surface area contributed by atoms with Crippen LogP contribution in [-0.2, 0) is 10.0 Å². The van der Waals surface area contributed by atoms with Gasteiger partial charge in [-0.2, -0.15) is 0 Å². The fourth-order valence-corrected chi connectivity index (χ4v) is 3.90. The van der Waals surface area contributed by atoms with Gasteiger partial charge in [0.05, 0.1) is 0 Å². The van der Waals surface area contributed by atoms with Crippen molar-refractivity contribution in [3.63, 3.8) is 0 Å². The van der Waals surface area contributed by atoms with E-state index >= 15 is 0 Å². The van der Waals surface area contributed by atoms with Crippen LogP contribution in [0, 0.1) is 17.6 Å². The number of nitrogens with two attached hydrogens (primary N) is 1. The van der Waals surface area contributed by atoms with Crippen molar-refractivity contribution in [3.8, 4) is 0 Å². The van der Waals surface area contributed by atoms with Crippen LogP contribution in [0.3, 0.4) is 0 Å². The minimum atomic E-state index is -4.08. The maximum Gasteiger partial charge on any atom is 0.243 e. The second kappa shape index (κ2) is 6.70. The summed E-state index contributed by atoms with van der Waals surface area (Å²) in [4.78, 5) is -0.733. The van der Waals surface area contributed by atoms with E-state index in [1.165, 1.54) is 19.3 Å². The molecule has 0 amide bonds. The van der Waals surface area contributed by atoms with E-state index in [0.29, 0.717) is 12.3 Å². The molecule has 118 valence electrons. The molecule has 0 unspecified atom stereocenters. The summed E-state index contributed by atoms with van der Waals surface area (Å²) in [7, 11) is -4.08. The quantitative estimate of drug-likeness (QED) is 0.820. The lowest BCUT2D eigenvalue weighted by Crippen LogP contribution is -2.27. The SMILES string of the molecule is Nc1cc(F)c(F)c(S(=O)(=O)NCCC2CCCCC2)c1. The monoisotopic (exact) mass is 318 g/mol. The minimum absolute atomic E-state index is 0.124. The van der Waals surface area contributed by atoms with Crippen molar-refractivity contribution in [2.24, 2.45) is 5.92 Å². The van der Waals surface area contributed by atoms with E-state index in [4.69, 9.17) is 5.73 Å². The van der Waals surface area contributed by atoms with Crippen LogP contribution in [-0.4, -0.2) is 15.0 Å². The van der Waals surface area contributed by atoms with Crippen LogP contribution in [0.2, 0.25) is 0 Å². The molecule has 0 aromatic heterocycles. The fraction of sp³-hybridized carbons (Fsp3) is 0.571. The average molecular weight is 318 g/mol. The standard InChI is InChI=1S/C14H20F2N2O2S/c15-12-8-11(17)9-13(14(12)16)21(19,20)18-7-6-10-4-2-1-3-5-10/h8-10,18H,1-7,17H2. The maximum absolute atomic E-state index is 13.6. The summed E-state index contributed by atoms with van der Waals surface area (Å²) < 4.78 is 53.2. The molecule has 1 saturated carbocycles. The fourth-order valence-electron chi connectivity index (χ4n) is 2.73. The molecular weight excluding hydrogens is 298 g/mol. The highest BCUT2D eigenvalue weighted by Crippen LogP contribution is 2.26. The molecule has 0 bridgehead atoms. The third kappa shape index (κ3) is 4.14. The Balaban J connectivity index is 2.01. The summed E-state index contributed by atoms with van der Waals surface area (Å²) in [5.41, 5.74) is 5.25. The molecule has 1 fully saturated rings. The number of rotatable bonds is 5. The summed E-state index contributed by atoms with van der Waals surface area (Å²) >= 11 is 0. The molecule has 21 heavy (non-hydrogen) atoms. The van der Waals surface area contributed by atoms with Crippen LogP contribution < -0.4 is 10.5 Å². The number of benzene rings is 1. The molecule has 2 rings (SSSR count). The van der Waals surface area contributed by atoms with Gasteiger partial charge in [0.15, 0.2) is 11.6 Å². The zero-order valence-corrected chi connectivity index (χ0v) is 12.6. The van der Waals surface area contributed by atoms with Gasteiger partial charge in [-0.15, -0.1) is 0 Å². The largest absolute Gasteiger partial charge is 0.399 e. The summed E-state index contributed by atoms with van der Waals surface area (Å²) in [5.74, 6) is -2.15. The summed E-state index contributed by atoms with van der Waals surface area (Å²) in [5, 5.41) is 0. The molecule has 0 saturated heterocycles. The third-order valence-electron chi connectivity index (χ3n) is 3.88. The van der Waals surface area contributed by atoms with Gasteiger partial charge in [0, 0.05) is 12.2 Å². The van der Waals surface area contributed by atoms with E-state index in [-0.39, 0.29) is 12.2 Å².